The van der Waals surface area contributed by atoms with Crippen molar-refractivity contribution in [2.75, 3.05) is 12.9 Å². The number of carboxylic acids is 1. The van der Waals surface area contributed by atoms with Gasteiger partial charge < -0.3 is 14.4 Å². The molecule has 0 saturated carbocycles. The largest absolute Gasteiger partial charge is 0.481 e. The standard InChI is InChI=1S/C11H18N2O3S/c1-8-5-13(7-11(2,3)16-4)10(12-8)17-6-9(14)15/h5H,6-7H2,1-4H3,(H,14,15). The Morgan fingerprint density at radius 3 is 2.82 bits per heavy atom. The third kappa shape index (κ3) is 4.40. The molecule has 5 nitrogen and oxygen atoms in total. The van der Waals surface area contributed by atoms with E-state index in [0.717, 1.165) is 10.9 Å². The van der Waals surface area contributed by atoms with E-state index in [9.17, 15) is 4.79 Å². The average Bonchev–Trinajstić information content (AvgIpc) is 2.55. The van der Waals surface area contributed by atoms with Gasteiger partial charge in [-0.25, -0.2) is 4.98 Å². The van der Waals surface area contributed by atoms with E-state index in [0.29, 0.717) is 6.54 Å². The second kappa shape index (κ2) is 5.55. The van der Waals surface area contributed by atoms with Crippen LogP contribution >= 0.6 is 11.8 Å². The van der Waals surface area contributed by atoms with Crippen molar-refractivity contribution < 1.29 is 14.6 Å². The molecule has 0 amide bonds. The van der Waals surface area contributed by atoms with Crippen molar-refractivity contribution >= 4 is 17.7 Å². The maximum Gasteiger partial charge on any atom is 0.313 e. The van der Waals surface area contributed by atoms with Crippen molar-refractivity contribution in [2.24, 2.45) is 0 Å². The lowest BCUT2D eigenvalue weighted by molar-refractivity contribution is -0.133. The molecule has 0 fully saturated rings. The van der Waals surface area contributed by atoms with Crippen LogP contribution in [0.1, 0.15) is 19.5 Å². The summed E-state index contributed by atoms with van der Waals surface area (Å²) in [5.74, 6) is -0.822. The first-order chi connectivity index (χ1) is 7.84. The molecule has 0 atom stereocenters. The molecule has 0 aliphatic heterocycles. The molecule has 0 aliphatic carbocycles. The minimum Gasteiger partial charge on any atom is -0.481 e. The molecule has 6 heteroatoms. The van der Waals surface area contributed by atoms with Gasteiger partial charge in [-0.05, 0) is 20.8 Å². The normalized spacial score (nSPS) is 11.8. The Hall–Kier alpha value is -1.01. The molecule has 0 saturated heterocycles. The van der Waals surface area contributed by atoms with Gasteiger partial charge in [0.2, 0.25) is 0 Å². The Kier molecular flexibility index (Phi) is 4.59. The summed E-state index contributed by atoms with van der Waals surface area (Å²) in [7, 11) is 1.66. The highest BCUT2D eigenvalue weighted by molar-refractivity contribution is 7.99. The van der Waals surface area contributed by atoms with Gasteiger partial charge in [0.1, 0.15) is 0 Å². The SMILES string of the molecule is COC(C)(C)Cn1cc(C)nc1SCC(=O)O. The highest BCUT2D eigenvalue weighted by Crippen LogP contribution is 2.21. The smallest absolute Gasteiger partial charge is 0.313 e. The Labute approximate surface area is 105 Å². The quantitative estimate of drug-likeness (QED) is 0.788. The van der Waals surface area contributed by atoms with Crippen LogP contribution in [-0.2, 0) is 16.1 Å². The molecule has 1 N–H and O–H groups in total. The highest BCUT2D eigenvalue weighted by atomic mass is 32.2. The summed E-state index contributed by atoms with van der Waals surface area (Å²) in [5, 5.41) is 9.39. The van der Waals surface area contributed by atoms with Gasteiger partial charge in [0.15, 0.2) is 5.16 Å². The molecule has 96 valence electrons. The Balaban J connectivity index is 2.80. The van der Waals surface area contributed by atoms with E-state index in [1.807, 2.05) is 31.5 Å². The van der Waals surface area contributed by atoms with Crippen LogP contribution in [0.15, 0.2) is 11.4 Å². The van der Waals surface area contributed by atoms with Gasteiger partial charge in [-0.15, -0.1) is 0 Å². The number of nitrogens with zero attached hydrogens (tertiary/aromatic N) is 2. The molecule has 0 aromatic carbocycles. The zero-order valence-electron chi connectivity index (χ0n) is 10.6. The maximum atomic E-state index is 10.5. The summed E-state index contributed by atoms with van der Waals surface area (Å²) in [6.07, 6.45) is 1.91. The molecule has 1 rings (SSSR count). The molecule has 0 spiro atoms. The van der Waals surface area contributed by atoms with Crippen molar-refractivity contribution in [3.8, 4) is 0 Å². The number of rotatable bonds is 6. The van der Waals surface area contributed by atoms with E-state index in [4.69, 9.17) is 9.84 Å². The van der Waals surface area contributed by atoms with Crippen LogP contribution in [0, 0.1) is 6.92 Å². The number of ether oxygens (including phenoxy) is 1. The lowest BCUT2D eigenvalue weighted by Crippen LogP contribution is -2.29. The number of carboxylic acid groups (broad SMARTS) is 1. The fourth-order valence-corrected chi connectivity index (χ4v) is 2.10. The van der Waals surface area contributed by atoms with Crippen molar-refractivity contribution in [2.45, 2.75) is 38.1 Å². The summed E-state index contributed by atoms with van der Waals surface area (Å²) in [5.41, 5.74) is 0.580. The van der Waals surface area contributed by atoms with Gasteiger partial charge in [0, 0.05) is 13.3 Å². The number of aliphatic carboxylic acids is 1. The topological polar surface area (TPSA) is 64.4 Å². The van der Waals surface area contributed by atoms with Crippen molar-refractivity contribution in [1.29, 1.82) is 0 Å². The predicted molar refractivity (Wildman–Crippen MR) is 66.4 cm³/mol. The number of methoxy groups -OCH3 is 1. The number of hydrogen-bond donors (Lipinski definition) is 1. The zero-order valence-corrected chi connectivity index (χ0v) is 11.4. The number of thioether (sulfide) groups is 1. The Morgan fingerprint density at radius 1 is 1.65 bits per heavy atom. The molecule has 17 heavy (non-hydrogen) atoms. The summed E-state index contributed by atoms with van der Waals surface area (Å²) in [6.45, 7) is 6.50. The third-order valence-electron chi connectivity index (χ3n) is 2.29. The van der Waals surface area contributed by atoms with Crippen LogP contribution in [0.3, 0.4) is 0 Å². The third-order valence-corrected chi connectivity index (χ3v) is 3.26. The number of aromatic nitrogens is 2. The first-order valence-electron chi connectivity index (χ1n) is 5.27. The number of aryl methyl sites for hydroxylation is 1. The summed E-state index contributed by atoms with van der Waals surface area (Å²) in [6, 6.07) is 0. The Morgan fingerprint density at radius 2 is 2.29 bits per heavy atom. The van der Waals surface area contributed by atoms with E-state index in [-0.39, 0.29) is 11.4 Å². The minimum absolute atomic E-state index is 0.0177. The molecule has 0 aliphatic rings. The maximum absolute atomic E-state index is 10.5. The van der Waals surface area contributed by atoms with Crippen LogP contribution in [0.2, 0.25) is 0 Å². The molecule has 0 bridgehead atoms. The fraction of sp³-hybridized carbons (Fsp3) is 0.636. The number of hydrogen-bond acceptors (Lipinski definition) is 4. The molecule has 1 heterocycles. The van der Waals surface area contributed by atoms with Crippen LogP contribution in [0.5, 0.6) is 0 Å². The molecule has 1 aromatic rings. The van der Waals surface area contributed by atoms with Crippen LogP contribution in [0.25, 0.3) is 0 Å². The second-order valence-corrected chi connectivity index (χ2v) is 5.38. The Bertz CT molecular complexity index is 401. The van der Waals surface area contributed by atoms with E-state index in [2.05, 4.69) is 4.98 Å². The molecule has 1 aromatic heterocycles. The van der Waals surface area contributed by atoms with Crippen LogP contribution in [0.4, 0.5) is 0 Å². The minimum atomic E-state index is -0.840. The van der Waals surface area contributed by atoms with Crippen molar-refractivity contribution in [3.05, 3.63) is 11.9 Å². The van der Waals surface area contributed by atoms with Gasteiger partial charge >= 0.3 is 5.97 Å². The van der Waals surface area contributed by atoms with E-state index in [1.165, 1.54) is 11.8 Å². The highest BCUT2D eigenvalue weighted by Gasteiger charge is 2.19. The van der Waals surface area contributed by atoms with Gasteiger partial charge in [-0.3, -0.25) is 4.79 Å². The zero-order chi connectivity index (χ0) is 13.1. The van der Waals surface area contributed by atoms with E-state index < -0.39 is 5.97 Å². The number of imidazole rings is 1. The number of carbonyl (C=O) groups is 1. The predicted octanol–water partition coefficient (Wildman–Crippen LogP) is 1.79. The molecular formula is C11H18N2O3S. The summed E-state index contributed by atoms with van der Waals surface area (Å²) < 4.78 is 7.29. The molecular weight excluding hydrogens is 240 g/mol. The van der Waals surface area contributed by atoms with Gasteiger partial charge in [0.05, 0.1) is 23.6 Å². The monoisotopic (exact) mass is 258 g/mol. The second-order valence-electron chi connectivity index (χ2n) is 4.44. The van der Waals surface area contributed by atoms with Crippen molar-refractivity contribution in [3.63, 3.8) is 0 Å². The van der Waals surface area contributed by atoms with E-state index in [1.54, 1.807) is 7.11 Å². The first-order valence-corrected chi connectivity index (χ1v) is 6.26. The summed E-state index contributed by atoms with van der Waals surface area (Å²) >= 11 is 1.22. The molecule has 0 unspecified atom stereocenters. The van der Waals surface area contributed by atoms with Gasteiger partial charge in [-0.1, -0.05) is 11.8 Å². The van der Waals surface area contributed by atoms with Crippen LogP contribution in [-0.4, -0.2) is 39.1 Å². The van der Waals surface area contributed by atoms with Gasteiger partial charge in [0.25, 0.3) is 0 Å². The van der Waals surface area contributed by atoms with Crippen LogP contribution < -0.4 is 0 Å². The lowest BCUT2D eigenvalue weighted by Gasteiger charge is -2.24. The fourth-order valence-electron chi connectivity index (χ4n) is 1.35. The van der Waals surface area contributed by atoms with Crippen molar-refractivity contribution in [1.82, 2.24) is 9.55 Å². The summed E-state index contributed by atoms with van der Waals surface area (Å²) in [4.78, 5) is 14.9. The lowest BCUT2D eigenvalue weighted by atomic mass is 10.1. The first kappa shape index (κ1) is 14.1. The average molecular weight is 258 g/mol. The molecule has 0 radical (unpaired) electrons. The van der Waals surface area contributed by atoms with Gasteiger partial charge in [-0.2, -0.15) is 0 Å². The van der Waals surface area contributed by atoms with E-state index >= 15 is 0 Å².